The van der Waals surface area contributed by atoms with Crippen LogP contribution in [-0.2, 0) is 22.0 Å². The van der Waals surface area contributed by atoms with E-state index in [1.807, 2.05) is 41.5 Å². The maximum atomic E-state index is 12.5. The Hall–Kier alpha value is -2.90. The van der Waals surface area contributed by atoms with E-state index in [9.17, 15) is 8.42 Å². The van der Waals surface area contributed by atoms with Crippen LogP contribution in [0.4, 0.5) is 0 Å². The Kier molecular flexibility index (Phi) is 10.1. The molecule has 0 aromatic heterocycles. The van der Waals surface area contributed by atoms with Crippen LogP contribution in [-0.4, -0.2) is 17.9 Å². The van der Waals surface area contributed by atoms with Gasteiger partial charge in [0, 0.05) is 23.9 Å². The highest BCUT2D eigenvalue weighted by Gasteiger charge is 2.35. The molecule has 0 aliphatic heterocycles. The molecule has 0 saturated carbocycles. The van der Waals surface area contributed by atoms with E-state index >= 15 is 0 Å². The zero-order chi connectivity index (χ0) is 31.5. The number of benzene rings is 4. The summed E-state index contributed by atoms with van der Waals surface area (Å²) in [5, 5.41) is 0. The summed E-state index contributed by atoms with van der Waals surface area (Å²) in [7, 11) is -2.11. The Bertz CT molecular complexity index is 1470. The number of rotatable bonds is 6. The van der Waals surface area contributed by atoms with E-state index in [2.05, 4.69) is 119 Å². The molecule has 4 nitrogen and oxygen atoms in total. The Morgan fingerprint density at radius 3 is 1.09 bits per heavy atom. The normalized spacial score (nSPS) is 22.3. The molecule has 0 saturated heterocycles. The highest BCUT2D eigenvalue weighted by Crippen LogP contribution is 2.45. The largest absolute Gasteiger partial charge is 0.242 e. The molecule has 6 atom stereocenters. The van der Waals surface area contributed by atoms with E-state index in [-0.39, 0.29) is 21.6 Å². The molecule has 44 heavy (non-hydrogen) atoms. The van der Waals surface area contributed by atoms with Crippen molar-refractivity contribution in [2.24, 2.45) is 0 Å². The molecular weight excluding hydrogens is 581 g/mol. The summed E-state index contributed by atoms with van der Waals surface area (Å²) in [6, 6.07) is 38.6. The van der Waals surface area contributed by atoms with Crippen LogP contribution in [0, 0.1) is 0 Å². The van der Waals surface area contributed by atoms with Gasteiger partial charge in [-0.3, -0.25) is 0 Å². The van der Waals surface area contributed by atoms with E-state index in [4.69, 9.17) is 0 Å². The monoisotopic (exact) mass is 626 g/mol. The molecule has 4 aromatic carbocycles. The lowest BCUT2D eigenvalue weighted by molar-refractivity contribution is 0.580. The van der Waals surface area contributed by atoms with Gasteiger partial charge in [0.2, 0.25) is 0 Å². The third kappa shape index (κ3) is 7.48. The molecule has 0 unspecified atom stereocenters. The predicted octanol–water partition coefficient (Wildman–Crippen LogP) is 8.63. The lowest BCUT2D eigenvalue weighted by atomic mass is 9.93. The lowest BCUT2D eigenvalue weighted by Gasteiger charge is -2.22. The maximum absolute atomic E-state index is 12.5. The van der Waals surface area contributed by atoms with Gasteiger partial charge in [-0.05, 0) is 87.8 Å². The zero-order valence-electron chi connectivity index (χ0n) is 26.7. The molecule has 6 heteroatoms. The molecule has 4 aromatic rings. The summed E-state index contributed by atoms with van der Waals surface area (Å²) in [6.45, 7) is 12.0. The number of nitrogens with one attached hydrogen (secondary N) is 2. The van der Waals surface area contributed by atoms with E-state index in [1.54, 1.807) is 0 Å². The van der Waals surface area contributed by atoms with Gasteiger partial charge in [-0.2, -0.15) is 0 Å². The fourth-order valence-electron chi connectivity index (χ4n) is 6.11. The van der Waals surface area contributed by atoms with Crippen LogP contribution in [0.25, 0.3) is 0 Å². The average molecular weight is 627 g/mol. The molecule has 2 aliphatic rings. The van der Waals surface area contributed by atoms with E-state index in [0.29, 0.717) is 11.8 Å². The fourth-order valence-corrected chi connectivity index (χ4v) is 7.78. The average Bonchev–Trinajstić information content (AvgIpc) is 3.56. The van der Waals surface area contributed by atoms with E-state index < -0.39 is 22.0 Å². The molecule has 0 radical (unpaired) electrons. The molecule has 0 heterocycles. The Morgan fingerprint density at radius 1 is 0.477 bits per heavy atom. The molecule has 232 valence electrons. The van der Waals surface area contributed by atoms with Gasteiger partial charge in [0.1, 0.15) is 0 Å². The third-order valence-corrected chi connectivity index (χ3v) is 11.7. The summed E-state index contributed by atoms with van der Waals surface area (Å²) in [5.41, 5.74) is 7.96. The van der Waals surface area contributed by atoms with Crippen LogP contribution >= 0.6 is 0 Å². The number of hydrogen-bond acceptors (Lipinski definition) is 2. The number of fused-ring (bicyclic) bond motifs is 2. The van der Waals surface area contributed by atoms with Crippen LogP contribution in [0.15, 0.2) is 109 Å². The lowest BCUT2D eigenvalue weighted by Crippen LogP contribution is -2.35. The molecular formula is C38H46N2O2S2. The Balaban J connectivity index is 0.000000175. The first-order chi connectivity index (χ1) is 20.9. The zero-order valence-corrected chi connectivity index (χ0v) is 28.4. The quantitative estimate of drug-likeness (QED) is 0.225. The Labute approximate surface area is 269 Å². The second kappa shape index (κ2) is 13.6. The van der Waals surface area contributed by atoms with Crippen molar-refractivity contribution >= 4 is 22.0 Å². The van der Waals surface area contributed by atoms with E-state index in [0.717, 1.165) is 12.8 Å². The summed E-state index contributed by atoms with van der Waals surface area (Å²) < 4.78 is 31.1. The number of hydrogen-bond donors (Lipinski definition) is 2. The summed E-state index contributed by atoms with van der Waals surface area (Å²) in [5.74, 6) is 0.763. The van der Waals surface area contributed by atoms with Crippen molar-refractivity contribution in [1.82, 2.24) is 9.44 Å². The summed E-state index contributed by atoms with van der Waals surface area (Å²) in [6.07, 6.45) is 1.93. The molecule has 0 bridgehead atoms. The molecule has 6 rings (SSSR count). The predicted molar refractivity (Wildman–Crippen MR) is 186 cm³/mol. The van der Waals surface area contributed by atoms with Crippen molar-refractivity contribution in [2.45, 2.75) is 87.8 Å². The second-order valence-corrected chi connectivity index (χ2v) is 17.8. The second-order valence-electron chi connectivity index (χ2n) is 13.8. The molecule has 2 aliphatic carbocycles. The first-order valence-electron chi connectivity index (χ1n) is 15.6. The molecule has 0 fully saturated rings. The van der Waals surface area contributed by atoms with Crippen molar-refractivity contribution < 1.29 is 8.42 Å². The highest BCUT2D eigenvalue weighted by atomic mass is 32.2. The first-order valence-corrected chi connectivity index (χ1v) is 17.9. The molecule has 0 amide bonds. The molecule has 2 N–H and O–H groups in total. The van der Waals surface area contributed by atoms with Gasteiger partial charge in [-0.25, -0.2) is 17.9 Å². The van der Waals surface area contributed by atoms with Gasteiger partial charge in [0.15, 0.2) is 0 Å². The SMILES string of the molecule is CC(C)(C)[S@@](=O)N[C@@H]1C[C@H](c2ccccc2)c2ccccc21.CC(C)(C)[S@@](=O)N[C@H]1C[C@@H](c2ccccc2)c2ccccc21. The fraction of sp³-hybridized carbons (Fsp3) is 0.368. The van der Waals surface area contributed by atoms with Crippen molar-refractivity contribution in [3.63, 3.8) is 0 Å². The minimum Gasteiger partial charge on any atom is -0.242 e. The van der Waals surface area contributed by atoms with Gasteiger partial charge < -0.3 is 0 Å². The van der Waals surface area contributed by atoms with Crippen molar-refractivity contribution in [1.29, 1.82) is 0 Å². The minimum atomic E-state index is -1.06. The summed E-state index contributed by atoms with van der Waals surface area (Å²) >= 11 is 0. The van der Waals surface area contributed by atoms with Crippen molar-refractivity contribution in [3.8, 4) is 0 Å². The van der Waals surface area contributed by atoms with Gasteiger partial charge in [-0.15, -0.1) is 0 Å². The van der Waals surface area contributed by atoms with Gasteiger partial charge in [-0.1, -0.05) is 109 Å². The van der Waals surface area contributed by atoms with Gasteiger partial charge >= 0.3 is 0 Å². The van der Waals surface area contributed by atoms with Crippen LogP contribution in [0.2, 0.25) is 0 Å². The smallest absolute Gasteiger partial charge is 0.0975 e. The van der Waals surface area contributed by atoms with E-state index in [1.165, 1.54) is 33.4 Å². The van der Waals surface area contributed by atoms with Gasteiger partial charge in [0.25, 0.3) is 0 Å². The first kappa shape index (κ1) is 32.5. The standard InChI is InChI=1S/2C19H23NOS/c2*1-19(2,3)22(21)20-18-13-17(14-9-5-4-6-10-14)15-11-7-8-12-16(15)18/h2*4-12,17-18,20H,13H2,1-3H3/t17-,18-,22+;17-,18-,22-/m01/s1. The minimum absolute atomic E-state index is 0.154. The molecule has 0 spiro atoms. The van der Waals surface area contributed by atoms with Crippen LogP contribution in [0.3, 0.4) is 0 Å². The van der Waals surface area contributed by atoms with Crippen molar-refractivity contribution in [3.05, 3.63) is 143 Å². The highest BCUT2D eigenvalue weighted by molar-refractivity contribution is 7.84. The topological polar surface area (TPSA) is 58.2 Å². The third-order valence-electron chi connectivity index (χ3n) is 8.45. The summed E-state index contributed by atoms with van der Waals surface area (Å²) in [4.78, 5) is 0. The Morgan fingerprint density at radius 2 is 0.773 bits per heavy atom. The maximum Gasteiger partial charge on any atom is 0.0975 e. The van der Waals surface area contributed by atoms with Crippen LogP contribution in [0.5, 0.6) is 0 Å². The van der Waals surface area contributed by atoms with Crippen LogP contribution < -0.4 is 9.44 Å². The van der Waals surface area contributed by atoms with Crippen molar-refractivity contribution in [2.75, 3.05) is 0 Å². The van der Waals surface area contributed by atoms with Gasteiger partial charge in [0.05, 0.1) is 31.5 Å². The van der Waals surface area contributed by atoms with Crippen LogP contribution in [0.1, 0.15) is 112 Å².